The number of aliphatic hydroxyl groups is 2. The summed E-state index contributed by atoms with van der Waals surface area (Å²) in [6.45, 7) is 3.33. The van der Waals surface area contributed by atoms with Crippen molar-refractivity contribution >= 4 is 19.2 Å². The maximum atomic E-state index is 13.0. The predicted octanol–water partition coefficient (Wildman–Crippen LogP) is 6.52. The molecule has 0 amide bonds. The number of nitrogens with two attached hydrogens (primary N) is 1. The number of hydrogen-bond acceptors (Lipinski definition) is 14. The third-order valence-electron chi connectivity index (χ3n) is 10.1. The molecule has 0 aliphatic carbocycles. The number of phosphoric ester groups is 1. The van der Waals surface area contributed by atoms with Crippen LogP contribution in [-0.2, 0) is 34.4 Å². The van der Waals surface area contributed by atoms with Crippen LogP contribution in [0, 0.1) is 11.3 Å². The second-order valence-electron chi connectivity index (χ2n) is 14.8. The Labute approximate surface area is 330 Å². The molecule has 0 aromatic carbocycles. The number of anilines is 1. The Kier molecular flexibility index (Phi) is 19.5. The van der Waals surface area contributed by atoms with E-state index in [-0.39, 0.29) is 31.3 Å². The monoisotopic (exact) mass is 803 g/mol. The van der Waals surface area contributed by atoms with Crippen molar-refractivity contribution in [3.8, 4) is 6.07 Å². The molecule has 1 fully saturated rings. The van der Waals surface area contributed by atoms with Crippen LogP contribution in [0.3, 0.4) is 0 Å². The van der Waals surface area contributed by atoms with Crippen LogP contribution in [0.1, 0.15) is 140 Å². The molecule has 0 bridgehead atoms. The lowest BCUT2D eigenvalue weighted by Gasteiger charge is -2.28. The maximum Gasteiger partial charge on any atom is 0.472 e. The smallest absolute Gasteiger partial charge is 0.387 e. The van der Waals surface area contributed by atoms with Gasteiger partial charge in [-0.2, -0.15) is 10.4 Å². The zero-order valence-corrected chi connectivity index (χ0v) is 33.9. The summed E-state index contributed by atoms with van der Waals surface area (Å²) in [4.78, 5) is 22.7. The van der Waals surface area contributed by atoms with Crippen LogP contribution in [0.5, 0.6) is 0 Å². The normalized spacial score (nSPS) is 21.3. The van der Waals surface area contributed by atoms with E-state index in [2.05, 4.69) is 27.0 Å². The highest BCUT2D eigenvalue weighted by atomic mass is 31.2. The zero-order chi connectivity index (χ0) is 40.2. The minimum absolute atomic E-state index is 0.00585. The molecule has 1 aliphatic heterocycles. The minimum Gasteiger partial charge on any atom is -0.387 e. The summed E-state index contributed by atoms with van der Waals surface area (Å²) in [5, 5.41) is 35.0. The summed E-state index contributed by atoms with van der Waals surface area (Å²) >= 11 is 0. The van der Waals surface area contributed by atoms with Gasteiger partial charge in [0, 0.05) is 6.61 Å². The lowest BCUT2D eigenvalue weighted by Crippen LogP contribution is -2.44. The van der Waals surface area contributed by atoms with Gasteiger partial charge in [-0.25, -0.2) is 19.0 Å². The first kappa shape index (κ1) is 45.6. The molecule has 4 rings (SSSR count). The Balaban J connectivity index is 1.16. The van der Waals surface area contributed by atoms with Crippen LogP contribution in [0.15, 0.2) is 30.9 Å². The Bertz CT molecular complexity index is 1660. The number of aliphatic hydroxyl groups excluding tert-OH is 2. The number of rotatable bonds is 29. The largest absolute Gasteiger partial charge is 0.472 e. The molecule has 56 heavy (non-hydrogen) atoms. The number of nitriles is 1. The van der Waals surface area contributed by atoms with Crippen molar-refractivity contribution in [3.63, 3.8) is 0 Å². The molecule has 0 saturated carbocycles. The van der Waals surface area contributed by atoms with Crippen LogP contribution in [0.2, 0.25) is 0 Å². The first-order chi connectivity index (χ1) is 27.1. The molecule has 312 valence electrons. The number of unbranched alkanes of at least 4 members (excludes halogenated alkanes) is 15. The summed E-state index contributed by atoms with van der Waals surface area (Å²) in [5.74, 6) is 0.224. The molecule has 16 nitrogen and oxygen atoms in total. The molecule has 6 atom stereocenters. The van der Waals surface area contributed by atoms with Crippen molar-refractivity contribution in [1.82, 2.24) is 24.6 Å². The van der Waals surface area contributed by atoms with E-state index in [0.29, 0.717) is 23.5 Å². The third kappa shape index (κ3) is 14.7. The number of phosphoric acid groups is 1. The Morgan fingerprint density at radius 1 is 0.929 bits per heavy atom. The Hall–Kier alpha value is -3.10. The fraction of sp³-hybridized carbons (Fsp3) is 0.718. The van der Waals surface area contributed by atoms with Crippen LogP contribution in [0.4, 0.5) is 5.82 Å². The van der Waals surface area contributed by atoms with Gasteiger partial charge in [0.05, 0.1) is 50.2 Å². The summed E-state index contributed by atoms with van der Waals surface area (Å²) in [5.41, 5.74) is 5.85. The highest BCUT2D eigenvalue weighted by Crippen LogP contribution is 2.47. The molecule has 17 heteroatoms. The van der Waals surface area contributed by atoms with E-state index in [1.165, 1.54) is 114 Å². The fourth-order valence-electron chi connectivity index (χ4n) is 6.73. The molecule has 1 unspecified atom stereocenters. The molecule has 0 spiro atoms. The predicted molar refractivity (Wildman–Crippen MR) is 209 cm³/mol. The average Bonchev–Trinajstić information content (AvgIpc) is 3.73. The first-order valence-electron chi connectivity index (χ1n) is 20.2. The molecule has 5 N–H and O–H groups in total. The molecular formula is C39H62N7O9P. The van der Waals surface area contributed by atoms with Gasteiger partial charge in [0.1, 0.15) is 47.9 Å². The van der Waals surface area contributed by atoms with Gasteiger partial charge in [-0.05, 0) is 25.5 Å². The van der Waals surface area contributed by atoms with E-state index in [1.54, 1.807) is 12.1 Å². The first-order valence-corrected chi connectivity index (χ1v) is 21.7. The van der Waals surface area contributed by atoms with Gasteiger partial charge in [0.25, 0.3) is 0 Å². The minimum atomic E-state index is -4.71. The zero-order valence-electron chi connectivity index (χ0n) is 33.0. The number of ether oxygens (including phenoxy) is 3. The maximum absolute atomic E-state index is 13.0. The molecule has 4 heterocycles. The Morgan fingerprint density at radius 2 is 1.57 bits per heavy atom. The van der Waals surface area contributed by atoms with Gasteiger partial charge in [-0.1, -0.05) is 103 Å². The molecule has 1 aliphatic rings. The van der Waals surface area contributed by atoms with Crippen molar-refractivity contribution in [1.29, 1.82) is 5.26 Å². The number of nitrogens with zero attached hydrogens (tertiary/aromatic N) is 6. The second-order valence-corrected chi connectivity index (χ2v) is 16.3. The van der Waals surface area contributed by atoms with E-state index in [1.807, 2.05) is 6.07 Å². The fourth-order valence-corrected chi connectivity index (χ4v) is 7.57. The lowest BCUT2D eigenvalue weighted by molar-refractivity contribution is -0.102. The quantitative estimate of drug-likeness (QED) is 0.0432. The number of nitrogen functional groups attached to an aromatic ring is 1. The van der Waals surface area contributed by atoms with Crippen LogP contribution < -0.4 is 5.73 Å². The molecule has 1 saturated heterocycles. The highest BCUT2D eigenvalue weighted by molar-refractivity contribution is 7.47. The van der Waals surface area contributed by atoms with Gasteiger partial charge in [-0.15, -0.1) is 0 Å². The van der Waals surface area contributed by atoms with Gasteiger partial charge in [-0.3, -0.25) is 14.0 Å². The number of aromatic nitrogens is 5. The van der Waals surface area contributed by atoms with Crippen molar-refractivity contribution in [3.05, 3.63) is 47.9 Å². The summed E-state index contributed by atoms with van der Waals surface area (Å²) in [6, 6.07) is 5.21. The van der Waals surface area contributed by atoms with Crippen LogP contribution in [0.25, 0.3) is 5.52 Å². The lowest BCUT2D eigenvalue weighted by atomic mass is 9.97. The van der Waals surface area contributed by atoms with Crippen LogP contribution >= 0.6 is 7.82 Å². The van der Waals surface area contributed by atoms with Gasteiger partial charge >= 0.3 is 7.82 Å². The van der Waals surface area contributed by atoms with E-state index in [9.17, 15) is 19.7 Å². The number of fused-ring (bicyclic) bond motifs is 1. The molecule has 3 aromatic rings. The van der Waals surface area contributed by atoms with E-state index >= 15 is 0 Å². The van der Waals surface area contributed by atoms with Crippen LogP contribution in [-0.4, -0.2) is 90.0 Å². The number of hydrogen-bond donors (Lipinski definition) is 4. The van der Waals surface area contributed by atoms with Crippen molar-refractivity contribution in [2.24, 2.45) is 0 Å². The van der Waals surface area contributed by atoms with Crippen molar-refractivity contribution in [2.75, 3.05) is 32.2 Å². The van der Waals surface area contributed by atoms with Crippen molar-refractivity contribution < 1.29 is 42.9 Å². The SMILES string of the molecule is CCCCCCCCCCCCCCCCCCOC[C@@H](COP(=O)(O)OC[C@@]1(C)O[C@@H](c2ccc3c(N)ncnn23)[C@H](O)[C@@H]1O)OCc1cnc(C#N)cn1. The van der Waals surface area contributed by atoms with Gasteiger partial charge in [0.2, 0.25) is 0 Å². The Morgan fingerprint density at radius 3 is 2.18 bits per heavy atom. The summed E-state index contributed by atoms with van der Waals surface area (Å²) in [6.07, 6.45) is 19.7. The highest BCUT2D eigenvalue weighted by Gasteiger charge is 2.53. The van der Waals surface area contributed by atoms with E-state index < -0.39 is 44.4 Å². The third-order valence-corrected chi connectivity index (χ3v) is 11.1. The summed E-state index contributed by atoms with van der Waals surface area (Å²) < 4.78 is 42.9. The van der Waals surface area contributed by atoms with Crippen molar-refractivity contribution in [2.45, 2.75) is 153 Å². The van der Waals surface area contributed by atoms with E-state index in [0.717, 1.165) is 19.3 Å². The molecule has 0 radical (unpaired) electrons. The van der Waals surface area contributed by atoms with Gasteiger partial charge < -0.3 is 35.1 Å². The average molecular weight is 804 g/mol. The molecular weight excluding hydrogens is 741 g/mol. The second kappa shape index (κ2) is 24.0. The van der Waals surface area contributed by atoms with E-state index in [4.69, 9.17) is 34.3 Å². The van der Waals surface area contributed by atoms with Gasteiger partial charge in [0.15, 0.2) is 11.5 Å². The molecule has 3 aromatic heterocycles. The topological polar surface area (TPSA) is 230 Å². The summed E-state index contributed by atoms with van der Waals surface area (Å²) in [7, 11) is -4.71. The standard InChI is InChI=1S/C39H62N7O9P/c1-3-4-5-6-7-8-9-10-11-12-13-14-15-16-17-18-21-51-26-32(52-25-31-24-42-30(22-40)23-43-31)27-53-56(49,50)54-28-39(2)37(48)35(47)36(55-39)33-19-20-34-38(41)44-29-45-46(33)34/h19-20,23-24,29,32,35-37,47-48H,3-18,21,25-28H2,1-2H3,(H,49,50)(H2,41,44,45)/t32-,35-,36-,37-,39+/m0/s1.